The van der Waals surface area contributed by atoms with Gasteiger partial charge in [-0.15, -0.1) is 0 Å². The molecule has 2 aliphatic heterocycles. The fraction of sp³-hybridized carbons (Fsp3) is 0.643. The number of hydrogen-bond donors (Lipinski definition) is 3. The predicted molar refractivity (Wildman–Crippen MR) is 217 cm³/mol. The van der Waals surface area contributed by atoms with Gasteiger partial charge >= 0.3 is 6.09 Å². The third-order valence-corrected chi connectivity index (χ3v) is 15.4. The zero-order valence-electron chi connectivity index (χ0n) is 35.4. The molecule has 3 heterocycles. The third kappa shape index (κ3) is 8.44. The maximum atomic E-state index is 15.5. The monoisotopic (exact) mass is 861 g/mol. The number of ether oxygens (including phenoxy) is 3. The number of carboxylic acid groups (broad SMARTS) is 1. The van der Waals surface area contributed by atoms with Gasteiger partial charge in [0.25, 0.3) is 11.8 Å². The number of carbonyl (C=O) groups is 4. The van der Waals surface area contributed by atoms with E-state index in [0.29, 0.717) is 60.4 Å². The van der Waals surface area contributed by atoms with Gasteiger partial charge in [-0.2, -0.15) is 4.98 Å². The third-order valence-electron chi connectivity index (χ3n) is 13.2. The van der Waals surface area contributed by atoms with E-state index in [1.54, 1.807) is 37.3 Å². The van der Waals surface area contributed by atoms with Gasteiger partial charge in [0.1, 0.15) is 35.0 Å². The Labute approximate surface area is 349 Å². The van der Waals surface area contributed by atoms with Crippen molar-refractivity contribution in [2.45, 2.75) is 133 Å². The SMILES string of the molecule is CC[C@@H]1C[C@@H](C)CCC=C[C@@H]2C[C@@]2(C(=O)NS(=O)(=O)C2(C)CC2)NC(=O)[C@@H]2C[C@@H](Oc3nc(OC)cc4cc(OC)ccc34)CN2C(=O)[C@H]1N(C(=O)O)C(C)(C)C(C)(F)F. The lowest BCUT2D eigenvalue weighted by Gasteiger charge is -2.47. The number of aromatic nitrogens is 1. The van der Waals surface area contributed by atoms with Crippen molar-refractivity contribution in [3.05, 3.63) is 36.4 Å². The molecule has 0 spiro atoms. The molecule has 1 saturated heterocycles. The first kappa shape index (κ1) is 44.8. The van der Waals surface area contributed by atoms with Crippen LogP contribution < -0.4 is 24.2 Å². The summed E-state index contributed by atoms with van der Waals surface area (Å²) in [5.74, 6) is -6.78. The Morgan fingerprint density at radius 3 is 2.42 bits per heavy atom. The second-order valence-electron chi connectivity index (χ2n) is 17.8. The minimum absolute atomic E-state index is 0.0831. The van der Waals surface area contributed by atoms with Crippen molar-refractivity contribution in [1.82, 2.24) is 24.8 Å². The summed E-state index contributed by atoms with van der Waals surface area (Å²) in [4.78, 5) is 63.5. The standard InChI is InChI=1S/C42H57F2N5O10S/c1-9-25-18-24(2)12-10-11-13-27-22-42(27,37(52)47-60(55,56)40(5)16-17-40)46-34(50)31-21-29(59-35-30-15-14-28(57-7)19-26(30)20-32(45-35)58-8)23-48(31)36(51)33(25)49(38(53)54)39(3,4)41(6,43)44/h11,13-15,19-20,24-25,27,29,31,33H,9-10,12,16-18,21-23H2,1-8H3,(H,46,50)(H,47,52)(H,53,54)/t24-,25+,27+,29+,31-,33-,42+/m0/s1. The van der Waals surface area contributed by atoms with E-state index in [4.69, 9.17) is 14.2 Å². The zero-order chi connectivity index (χ0) is 44.2. The molecule has 0 radical (unpaired) electrons. The molecule has 3 N–H and O–H groups in total. The van der Waals surface area contributed by atoms with Gasteiger partial charge in [0, 0.05) is 30.7 Å². The largest absolute Gasteiger partial charge is 0.497 e. The van der Waals surface area contributed by atoms with Crippen LogP contribution in [-0.4, -0.2) is 113 Å². The molecule has 7 atom stereocenters. The Morgan fingerprint density at radius 1 is 1.12 bits per heavy atom. The number of fused-ring (bicyclic) bond motifs is 3. The van der Waals surface area contributed by atoms with Crippen LogP contribution in [0.15, 0.2) is 36.4 Å². The second-order valence-corrected chi connectivity index (χ2v) is 20.0. The molecule has 2 saturated carbocycles. The highest BCUT2D eigenvalue weighted by molar-refractivity contribution is 7.91. The summed E-state index contributed by atoms with van der Waals surface area (Å²) in [6.45, 7) is 7.71. The van der Waals surface area contributed by atoms with E-state index < -0.39 is 85.6 Å². The molecule has 6 rings (SSSR count). The molecule has 3 fully saturated rings. The average molecular weight is 862 g/mol. The van der Waals surface area contributed by atoms with Crippen LogP contribution >= 0.6 is 0 Å². The van der Waals surface area contributed by atoms with Crippen molar-refractivity contribution in [3.63, 3.8) is 0 Å². The van der Waals surface area contributed by atoms with E-state index in [2.05, 4.69) is 15.0 Å². The Kier molecular flexibility index (Phi) is 12.1. The van der Waals surface area contributed by atoms with E-state index in [1.165, 1.54) is 21.1 Å². The topological polar surface area (TPSA) is 194 Å². The number of methoxy groups -OCH3 is 2. The van der Waals surface area contributed by atoms with Gasteiger partial charge in [0.05, 0.1) is 25.5 Å². The minimum atomic E-state index is -4.10. The maximum absolute atomic E-state index is 15.5. The van der Waals surface area contributed by atoms with Crippen LogP contribution in [0.4, 0.5) is 13.6 Å². The van der Waals surface area contributed by atoms with Crippen molar-refractivity contribution in [2.75, 3.05) is 20.8 Å². The highest BCUT2D eigenvalue weighted by atomic mass is 32.2. The van der Waals surface area contributed by atoms with Crippen LogP contribution in [-0.2, 0) is 24.4 Å². The number of rotatable bonds is 11. The number of amides is 4. The van der Waals surface area contributed by atoms with Crippen molar-refractivity contribution >= 4 is 44.6 Å². The number of nitrogens with zero attached hydrogens (tertiary/aromatic N) is 3. The molecule has 1 aromatic carbocycles. The van der Waals surface area contributed by atoms with Crippen LogP contribution in [0, 0.1) is 17.8 Å². The van der Waals surface area contributed by atoms with Crippen molar-refractivity contribution in [1.29, 1.82) is 0 Å². The van der Waals surface area contributed by atoms with E-state index in [1.807, 2.05) is 13.0 Å². The fourth-order valence-electron chi connectivity index (χ4n) is 8.51. The van der Waals surface area contributed by atoms with E-state index in [-0.39, 0.29) is 43.5 Å². The fourth-order valence-corrected chi connectivity index (χ4v) is 9.82. The average Bonchev–Trinajstić information content (AvgIpc) is 4.06. The molecule has 4 aliphatic rings. The van der Waals surface area contributed by atoms with Gasteiger partial charge in [-0.25, -0.2) is 22.0 Å². The number of benzene rings is 1. The molecule has 15 nitrogen and oxygen atoms in total. The molecular weight excluding hydrogens is 805 g/mol. The molecule has 2 aromatic rings. The first-order valence-corrected chi connectivity index (χ1v) is 22.0. The summed E-state index contributed by atoms with van der Waals surface area (Å²) in [6, 6.07) is 3.79. The number of allylic oxidation sites excluding steroid dienone is 1. The quantitative estimate of drug-likeness (QED) is 0.236. The maximum Gasteiger partial charge on any atom is 0.408 e. The van der Waals surface area contributed by atoms with E-state index >= 15 is 13.6 Å². The Bertz CT molecular complexity index is 2150. The summed E-state index contributed by atoms with van der Waals surface area (Å²) in [7, 11) is -1.16. The smallest absolute Gasteiger partial charge is 0.408 e. The lowest BCUT2D eigenvalue weighted by molar-refractivity contribution is -0.157. The molecule has 4 amide bonds. The summed E-state index contributed by atoms with van der Waals surface area (Å²) >= 11 is 0. The number of halogens is 2. The number of pyridine rings is 1. The molecule has 18 heteroatoms. The summed E-state index contributed by atoms with van der Waals surface area (Å²) in [5.41, 5.74) is -4.06. The molecule has 330 valence electrons. The van der Waals surface area contributed by atoms with Crippen LogP contribution in [0.5, 0.6) is 17.5 Å². The van der Waals surface area contributed by atoms with E-state index in [0.717, 1.165) is 18.7 Å². The minimum Gasteiger partial charge on any atom is -0.497 e. The van der Waals surface area contributed by atoms with Crippen LogP contribution in [0.3, 0.4) is 0 Å². The van der Waals surface area contributed by atoms with Crippen molar-refractivity contribution < 1.29 is 55.7 Å². The molecule has 60 heavy (non-hydrogen) atoms. The van der Waals surface area contributed by atoms with Gasteiger partial charge in [-0.1, -0.05) is 32.4 Å². The van der Waals surface area contributed by atoms with Crippen LogP contribution in [0.25, 0.3) is 10.8 Å². The normalized spacial score (nSPS) is 28.3. The molecule has 0 unspecified atom stereocenters. The van der Waals surface area contributed by atoms with Gasteiger partial charge in [0.2, 0.25) is 33.6 Å². The Balaban J connectivity index is 1.45. The van der Waals surface area contributed by atoms with Crippen molar-refractivity contribution in [2.24, 2.45) is 17.8 Å². The molecule has 1 aromatic heterocycles. The first-order chi connectivity index (χ1) is 28.0. The number of carbonyl (C=O) groups excluding carboxylic acids is 3. The van der Waals surface area contributed by atoms with Gasteiger partial charge in [-0.3, -0.25) is 24.0 Å². The number of nitrogens with one attached hydrogen (secondary N) is 2. The molecular formula is C42H57F2N5O10S. The van der Waals surface area contributed by atoms with Crippen LogP contribution in [0.1, 0.15) is 92.9 Å². The molecule has 2 aliphatic carbocycles. The highest BCUT2D eigenvalue weighted by Crippen LogP contribution is 2.48. The van der Waals surface area contributed by atoms with Gasteiger partial charge in [-0.05, 0) is 94.7 Å². The number of alkyl halides is 2. The van der Waals surface area contributed by atoms with E-state index in [9.17, 15) is 27.9 Å². The Hall–Kier alpha value is -4.74. The number of hydrogen-bond acceptors (Lipinski definition) is 10. The van der Waals surface area contributed by atoms with Gasteiger partial charge < -0.3 is 29.5 Å². The summed E-state index contributed by atoms with van der Waals surface area (Å²) in [6.07, 6.45) is 3.25. The van der Waals surface area contributed by atoms with Gasteiger partial charge in [0.15, 0.2) is 0 Å². The zero-order valence-corrected chi connectivity index (χ0v) is 36.2. The highest BCUT2D eigenvalue weighted by Gasteiger charge is 2.63. The molecule has 0 bridgehead atoms. The van der Waals surface area contributed by atoms with Crippen molar-refractivity contribution in [3.8, 4) is 17.5 Å². The number of sulfonamides is 1. The first-order valence-electron chi connectivity index (χ1n) is 20.5. The summed E-state index contributed by atoms with van der Waals surface area (Å²) in [5, 5.41) is 14.7. The van der Waals surface area contributed by atoms with Crippen LogP contribution in [0.2, 0.25) is 0 Å². The lowest BCUT2D eigenvalue weighted by atomic mass is 9.81. The lowest BCUT2D eigenvalue weighted by Crippen LogP contribution is -2.67. The second kappa shape index (κ2) is 16.3. The summed E-state index contributed by atoms with van der Waals surface area (Å²) < 4.78 is 75.9. The Morgan fingerprint density at radius 2 is 1.82 bits per heavy atom. The predicted octanol–water partition coefficient (Wildman–Crippen LogP) is 5.66.